The summed E-state index contributed by atoms with van der Waals surface area (Å²) < 4.78 is 45.0. The Bertz CT molecular complexity index is 1300. The Hall–Kier alpha value is -2.96. The Labute approximate surface area is 254 Å². The highest BCUT2D eigenvalue weighted by Crippen LogP contribution is 2.41. The van der Waals surface area contributed by atoms with Crippen molar-refractivity contribution in [1.82, 2.24) is 14.9 Å². The summed E-state index contributed by atoms with van der Waals surface area (Å²) in [7, 11) is 2.84. The van der Waals surface area contributed by atoms with Gasteiger partial charge in [-0.15, -0.1) is 0 Å². The van der Waals surface area contributed by atoms with Crippen LogP contribution >= 0.6 is 0 Å². The number of nitrogens with zero attached hydrogens (tertiary/aromatic N) is 4. The Morgan fingerprint density at radius 3 is 2.44 bits per heavy atom. The van der Waals surface area contributed by atoms with Gasteiger partial charge in [-0.25, -0.2) is 14.2 Å². The molecule has 3 aliphatic rings. The van der Waals surface area contributed by atoms with Crippen molar-refractivity contribution >= 4 is 24.5 Å². The SMILES string of the molecule is COCOc1cc(B2OC(C)(C)C(C)(C)O2)ccc1-c1cnc(N(C)[C@H]2C[C@@H]3CC[C@H]([C@H]2F)N3C(=O)OC(C)(C)C)cn1. The quantitative estimate of drug-likeness (QED) is 0.331. The second-order valence-corrected chi connectivity index (χ2v) is 13.7. The summed E-state index contributed by atoms with van der Waals surface area (Å²) in [4.78, 5) is 25.6. The third kappa shape index (κ3) is 6.19. The van der Waals surface area contributed by atoms with Crippen molar-refractivity contribution in [3.63, 3.8) is 0 Å². The third-order valence-electron chi connectivity index (χ3n) is 9.04. The molecule has 3 fully saturated rings. The second kappa shape index (κ2) is 11.5. The highest BCUT2D eigenvalue weighted by molar-refractivity contribution is 6.62. The van der Waals surface area contributed by atoms with Gasteiger partial charge < -0.3 is 28.4 Å². The van der Waals surface area contributed by atoms with E-state index in [1.165, 1.54) is 0 Å². The molecule has 3 saturated heterocycles. The van der Waals surface area contributed by atoms with E-state index in [1.54, 1.807) is 24.4 Å². The van der Waals surface area contributed by atoms with Crippen molar-refractivity contribution in [3.05, 3.63) is 30.6 Å². The van der Waals surface area contributed by atoms with E-state index in [2.05, 4.69) is 9.97 Å². The van der Waals surface area contributed by atoms with Crippen LogP contribution in [0.1, 0.15) is 67.7 Å². The van der Waals surface area contributed by atoms with Crippen LogP contribution in [0.15, 0.2) is 30.6 Å². The molecule has 43 heavy (non-hydrogen) atoms. The summed E-state index contributed by atoms with van der Waals surface area (Å²) in [6.45, 7) is 13.6. The summed E-state index contributed by atoms with van der Waals surface area (Å²) in [6.07, 6.45) is 3.49. The van der Waals surface area contributed by atoms with Gasteiger partial charge in [-0.2, -0.15) is 0 Å². The summed E-state index contributed by atoms with van der Waals surface area (Å²) in [5.74, 6) is 1.11. The zero-order valence-corrected chi connectivity index (χ0v) is 26.7. The minimum atomic E-state index is -1.24. The Kier molecular flexibility index (Phi) is 8.43. The number of hydrogen-bond acceptors (Lipinski definition) is 9. The molecule has 5 rings (SSSR count). The van der Waals surface area contributed by atoms with Crippen molar-refractivity contribution in [3.8, 4) is 17.0 Å². The lowest BCUT2D eigenvalue weighted by molar-refractivity contribution is -0.0104. The van der Waals surface area contributed by atoms with Crippen molar-refractivity contribution in [2.45, 2.75) is 109 Å². The predicted molar refractivity (Wildman–Crippen MR) is 162 cm³/mol. The van der Waals surface area contributed by atoms with Gasteiger partial charge in [-0.1, -0.05) is 6.07 Å². The first kappa shape index (κ1) is 31.5. The average molecular weight is 599 g/mol. The van der Waals surface area contributed by atoms with Gasteiger partial charge in [-0.05, 0) is 85.3 Å². The third-order valence-corrected chi connectivity index (χ3v) is 9.04. The molecule has 0 aliphatic carbocycles. The molecule has 0 N–H and O–H groups in total. The smallest absolute Gasteiger partial charge is 0.467 e. The number of carbonyl (C=O) groups is 1. The number of anilines is 1. The second-order valence-electron chi connectivity index (χ2n) is 13.7. The molecule has 1 aromatic carbocycles. The number of carbonyl (C=O) groups excluding carboxylic acids is 1. The first-order chi connectivity index (χ1) is 20.1. The monoisotopic (exact) mass is 598 g/mol. The van der Waals surface area contributed by atoms with Crippen LogP contribution in [0.2, 0.25) is 0 Å². The maximum atomic E-state index is 15.9. The van der Waals surface area contributed by atoms with Crippen LogP contribution in [-0.4, -0.2) is 90.1 Å². The highest BCUT2D eigenvalue weighted by atomic mass is 19.1. The first-order valence-electron chi connectivity index (χ1n) is 14.9. The van der Waals surface area contributed by atoms with E-state index < -0.39 is 48.3 Å². The van der Waals surface area contributed by atoms with Crippen LogP contribution in [0.3, 0.4) is 0 Å². The fraction of sp³-hybridized carbons (Fsp3) is 0.645. The number of benzene rings is 1. The molecular formula is C31H44BFN4O6. The molecule has 4 heterocycles. The lowest BCUT2D eigenvalue weighted by Crippen LogP contribution is -2.59. The molecule has 0 saturated carbocycles. The minimum Gasteiger partial charge on any atom is -0.467 e. The Morgan fingerprint density at radius 2 is 1.84 bits per heavy atom. The number of piperidine rings is 1. The zero-order chi connectivity index (χ0) is 31.3. The van der Waals surface area contributed by atoms with E-state index in [1.807, 2.05) is 78.6 Å². The number of aromatic nitrogens is 2. The van der Waals surface area contributed by atoms with E-state index >= 15 is 4.39 Å². The lowest BCUT2D eigenvalue weighted by atomic mass is 9.78. The molecule has 1 amide bonds. The van der Waals surface area contributed by atoms with Gasteiger partial charge in [0.1, 0.15) is 23.3 Å². The number of alkyl halides is 1. The standard InChI is InChI=1S/C31H44BFN4O6/c1-29(2,3)41-28(38)37-20-11-13-23(37)27(33)24(15-20)36(8)26-17-34-22(16-35-26)21-12-10-19(14-25(21)40-18-39-9)32-42-30(4,5)31(6,7)43-32/h10,12,14,16-17,20,23-24,27H,11,13,15,18H2,1-9H3/t20-,23+,24-,27+/m0/s1. The van der Waals surface area contributed by atoms with Gasteiger partial charge in [0.2, 0.25) is 0 Å². The first-order valence-corrected chi connectivity index (χ1v) is 14.9. The van der Waals surface area contributed by atoms with Crippen LogP contribution in [0.25, 0.3) is 11.3 Å². The molecule has 1 aromatic heterocycles. The van der Waals surface area contributed by atoms with Gasteiger partial charge in [0, 0.05) is 25.8 Å². The van der Waals surface area contributed by atoms with Gasteiger partial charge in [-0.3, -0.25) is 9.88 Å². The minimum absolute atomic E-state index is 0.0519. The summed E-state index contributed by atoms with van der Waals surface area (Å²) in [6, 6.07) is 4.68. The van der Waals surface area contributed by atoms with E-state index in [4.69, 9.17) is 23.5 Å². The van der Waals surface area contributed by atoms with Crippen LogP contribution < -0.4 is 15.1 Å². The normalized spacial score (nSPS) is 26.0. The fourth-order valence-electron chi connectivity index (χ4n) is 6.02. The fourth-order valence-corrected chi connectivity index (χ4v) is 6.02. The largest absolute Gasteiger partial charge is 0.494 e. The van der Waals surface area contributed by atoms with Gasteiger partial charge >= 0.3 is 13.2 Å². The molecule has 234 valence electrons. The molecule has 2 bridgehead atoms. The zero-order valence-electron chi connectivity index (χ0n) is 26.7. The Balaban J connectivity index is 1.33. The molecule has 3 aliphatic heterocycles. The Morgan fingerprint density at radius 1 is 1.14 bits per heavy atom. The van der Waals surface area contributed by atoms with E-state index in [-0.39, 0.29) is 12.8 Å². The van der Waals surface area contributed by atoms with Crippen molar-refractivity contribution < 1.29 is 32.7 Å². The maximum absolute atomic E-state index is 15.9. The van der Waals surface area contributed by atoms with Crippen molar-refractivity contribution in [2.24, 2.45) is 0 Å². The molecule has 4 atom stereocenters. The van der Waals surface area contributed by atoms with Gasteiger partial charge in [0.25, 0.3) is 0 Å². The molecule has 10 nitrogen and oxygen atoms in total. The topological polar surface area (TPSA) is 95.5 Å². The average Bonchev–Trinajstić information content (AvgIpc) is 3.39. The predicted octanol–water partition coefficient (Wildman–Crippen LogP) is 4.74. The number of ether oxygens (including phenoxy) is 3. The molecule has 0 unspecified atom stereocenters. The van der Waals surface area contributed by atoms with E-state index in [0.717, 1.165) is 17.4 Å². The molecule has 0 spiro atoms. The molecule has 12 heteroatoms. The summed E-state index contributed by atoms with van der Waals surface area (Å²) in [5, 5.41) is 0. The van der Waals surface area contributed by atoms with Crippen LogP contribution in [0, 0.1) is 0 Å². The molecular weight excluding hydrogens is 554 g/mol. The number of rotatable bonds is 7. The summed E-state index contributed by atoms with van der Waals surface area (Å²) >= 11 is 0. The lowest BCUT2D eigenvalue weighted by Gasteiger charge is -2.44. The van der Waals surface area contributed by atoms with Crippen molar-refractivity contribution in [2.75, 3.05) is 25.9 Å². The number of hydrogen-bond donors (Lipinski definition) is 0. The molecule has 2 aromatic rings. The van der Waals surface area contributed by atoms with Crippen molar-refractivity contribution in [1.29, 1.82) is 0 Å². The number of halogens is 1. The van der Waals surface area contributed by atoms with E-state index in [0.29, 0.717) is 30.1 Å². The number of methoxy groups -OCH3 is 1. The van der Waals surface area contributed by atoms with Crippen LogP contribution in [-0.2, 0) is 18.8 Å². The highest BCUT2D eigenvalue weighted by Gasteiger charge is 2.53. The number of fused-ring (bicyclic) bond motifs is 2. The van der Waals surface area contributed by atoms with Gasteiger partial charge in [0.15, 0.2) is 6.79 Å². The number of amides is 1. The maximum Gasteiger partial charge on any atom is 0.494 e. The van der Waals surface area contributed by atoms with Gasteiger partial charge in [0.05, 0.1) is 41.4 Å². The van der Waals surface area contributed by atoms with Crippen LogP contribution in [0.4, 0.5) is 15.0 Å². The molecule has 0 radical (unpaired) electrons. The van der Waals surface area contributed by atoms with Crippen LogP contribution in [0.5, 0.6) is 5.75 Å². The van der Waals surface area contributed by atoms with E-state index in [9.17, 15) is 4.79 Å². The summed E-state index contributed by atoms with van der Waals surface area (Å²) in [5.41, 5.74) is 0.572.